The van der Waals surface area contributed by atoms with Gasteiger partial charge in [-0.25, -0.2) is 0 Å². The molecule has 1 aliphatic rings. The molecule has 0 spiro atoms. The Hall–Kier alpha value is -0.530. The van der Waals surface area contributed by atoms with Gasteiger partial charge in [0, 0.05) is 0 Å². The highest BCUT2D eigenvalue weighted by Crippen LogP contribution is 2.31. The van der Waals surface area contributed by atoms with Crippen LogP contribution in [-0.4, -0.2) is 16.1 Å². The zero-order chi connectivity index (χ0) is 9.19. The first-order valence-electron chi connectivity index (χ1n) is 3.97. The van der Waals surface area contributed by atoms with Crippen LogP contribution in [0.5, 0.6) is 0 Å². The van der Waals surface area contributed by atoms with Crippen LogP contribution in [0.2, 0.25) is 0 Å². The standard InChI is InChI=1S/C10H13ClO/c1-3-9-5-4-6-10(11,7-9)8(2)12/h3-5,7-8,12H,1,6H2,2H3. The Morgan fingerprint density at radius 3 is 3.00 bits per heavy atom. The first-order chi connectivity index (χ1) is 5.58. The maximum absolute atomic E-state index is 9.40. The molecule has 2 heteroatoms. The maximum Gasteiger partial charge on any atom is 0.0924 e. The second-order valence-electron chi connectivity index (χ2n) is 3.06. The van der Waals surface area contributed by atoms with Crippen LogP contribution in [0.15, 0.2) is 36.5 Å². The SMILES string of the molecule is C=CC1=CC(Cl)(C(C)O)CC=C1. The highest BCUT2D eigenvalue weighted by Gasteiger charge is 2.30. The van der Waals surface area contributed by atoms with Gasteiger partial charge in [0.1, 0.15) is 0 Å². The molecular formula is C10H13ClO. The average Bonchev–Trinajstić information content (AvgIpc) is 2.04. The van der Waals surface area contributed by atoms with Crippen LogP contribution in [0, 0.1) is 0 Å². The second-order valence-corrected chi connectivity index (χ2v) is 3.76. The largest absolute Gasteiger partial charge is 0.391 e. The Balaban J connectivity index is 2.90. The van der Waals surface area contributed by atoms with Gasteiger partial charge in [-0.3, -0.25) is 0 Å². The van der Waals surface area contributed by atoms with Crippen LogP contribution in [0.3, 0.4) is 0 Å². The normalized spacial score (nSPS) is 31.1. The van der Waals surface area contributed by atoms with Gasteiger partial charge in [0.2, 0.25) is 0 Å². The van der Waals surface area contributed by atoms with E-state index in [2.05, 4.69) is 6.58 Å². The molecule has 1 aliphatic carbocycles. The summed E-state index contributed by atoms with van der Waals surface area (Å²) in [4.78, 5) is -0.641. The minimum atomic E-state index is -0.641. The highest BCUT2D eigenvalue weighted by atomic mass is 35.5. The van der Waals surface area contributed by atoms with Gasteiger partial charge in [-0.15, -0.1) is 11.6 Å². The summed E-state index contributed by atoms with van der Waals surface area (Å²) in [6, 6.07) is 0. The maximum atomic E-state index is 9.40. The summed E-state index contributed by atoms with van der Waals surface area (Å²) >= 11 is 6.16. The van der Waals surface area contributed by atoms with Crippen molar-refractivity contribution in [2.45, 2.75) is 24.3 Å². The van der Waals surface area contributed by atoms with Crippen molar-refractivity contribution in [2.24, 2.45) is 0 Å². The Labute approximate surface area is 78.0 Å². The van der Waals surface area contributed by atoms with Crippen LogP contribution < -0.4 is 0 Å². The number of aliphatic hydroxyl groups excluding tert-OH is 1. The quantitative estimate of drug-likeness (QED) is 0.654. The lowest BCUT2D eigenvalue weighted by Gasteiger charge is -2.28. The lowest BCUT2D eigenvalue weighted by Crippen LogP contribution is -2.33. The number of hydrogen-bond donors (Lipinski definition) is 1. The molecule has 0 radical (unpaired) electrons. The van der Waals surface area contributed by atoms with Crippen molar-refractivity contribution in [3.05, 3.63) is 36.5 Å². The van der Waals surface area contributed by atoms with Crippen LogP contribution >= 0.6 is 11.6 Å². The van der Waals surface area contributed by atoms with Crippen molar-refractivity contribution in [1.29, 1.82) is 0 Å². The van der Waals surface area contributed by atoms with Crippen LogP contribution in [-0.2, 0) is 0 Å². The third-order valence-electron chi connectivity index (χ3n) is 2.08. The summed E-state index contributed by atoms with van der Waals surface area (Å²) in [6.07, 6.45) is 7.62. The van der Waals surface area contributed by atoms with Crippen molar-refractivity contribution in [1.82, 2.24) is 0 Å². The highest BCUT2D eigenvalue weighted by molar-refractivity contribution is 6.26. The number of rotatable bonds is 2. The molecule has 2 unspecified atom stereocenters. The van der Waals surface area contributed by atoms with E-state index < -0.39 is 11.0 Å². The van der Waals surface area contributed by atoms with Crippen molar-refractivity contribution in [2.75, 3.05) is 0 Å². The summed E-state index contributed by atoms with van der Waals surface area (Å²) < 4.78 is 0. The average molecular weight is 185 g/mol. The third kappa shape index (κ3) is 1.79. The molecule has 0 aromatic carbocycles. The van der Waals surface area contributed by atoms with Gasteiger partial charge in [0.15, 0.2) is 0 Å². The van der Waals surface area contributed by atoms with E-state index in [4.69, 9.17) is 11.6 Å². The van der Waals surface area contributed by atoms with Crippen LogP contribution in [0.25, 0.3) is 0 Å². The van der Waals surface area contributed by atoms with Gasteiger partial charge in [-0.1, -0.05) is 30.9 Å². The lowest BCUT2D eigenvalue weighted by molar-refractivity contribution is 0.162. The van der Waals surface area contributed by atoms with E-state index in [1.54, 1.807) is 13.0 Å². The molecule has 66 valence electrons. The molecule has 0 aliphatic heterocycles. The molecule has 12 heavy (non-hydrogen) atoms. The fourth-order valence-electron chi connectivity index (χ4n) is 1.18. The van der Waals surface area contributed by atoms with E-state index in [-0.39, 0.29) is 0 Å². The molecule has 0 bridgehead atoms. The minimum absolute atomic E-state index is 0.543. The molecule has 1 N–H and O–H groups in total. The molecule has 1 nitrogen and oxygen atoms in total. The lowest BCUT2D eigenvalue weighted by atomic mass is 9.91. The van der Waals surface area contributed by atoms with Gasteiger partial charge in [0.25, 0.3) is 0 Å². The predicted molar refractivity (Wildman–Crippen MR) is 52.3 cm³/mol. The van der Waals surface area contributed by atoms with Crippen molar-refractivity contribution in [3.63, 3.8) is 0 Å². The topological polar surface area (TPSA) is 20.2 Å². The Bertz CT molecular complexity index is 240. The van der Waals surface area contributed by atoms with E-state index in [1.807, 2.05) is 18.2 Å². The molecular weight excluding hydrogens is 172 g/mol. The van der Waals surface area contributed by atoms with Gasteiger partial charge in [-0.05, 0) is 18.9 Å². The number of allylic oxidation sites excluding steroid dienone is 4. The molecule has 2 atom stereocenters. The summed E-state index contributed by atoms with van der Waals surface area (Å²) in [5, 5.41) is 9.40. The van der Waals surface area contributed by atoms with Gasteiger partial charge in [0.05, 0.1) is 11.0 Å². The second kappa shape index (κ2) is 3.46. The molecule has 0 saturated heterocycles. The molecule has 0 amide bonds. The summed E-state index contributed by atoms with van der Waals surface area (Å²) in [6.45, 7) is 5.35. The fourth-order valence-corrected chi connectivity index (χ4v) is 1.39. The van der Waals surface area contributed by atoms with Gasteiger partial charge in [-0.2, -0.15) is 0 Å². The first kappa shape index (κ1) is 9.56. The molecule has 0 heterocycles. The zero-order valence-electron chi connectivity index (χ0n) is 7.13. The van der Waals surface area contributed by atoms with E-state index >= 15 is 0 Å². The third-order valence-corrected chi connectivity index (χ3v) is 2.66. The molecule has 1 rings (SSSR count). The van der Waals surface area contributed by atoms with E-state index in [1.165, 1.54) is 0 Å². The monoisotopic (exact) mass is 184 g/mol. The van der Waals surface area contributed by atoms with Crippen molar-refractivity contribution >= 4 is 11.6 Å². The van der Waals surface area contributed by atoms with Crippen LogP contribution in [0.4, 0.5) is 0 Å². The summed E-state index contributed by atoms with van der Waals surface area (Å²) in [7, 11) is 0. The van der Waals surface area contributed by atoms with Crippen molar-refractivity contribution in [3.8, 4) is 0 Å². The van der Waals surface area contributed by atoms with Gasteiger partial charge >= 0.3 is 0 Å². The predicted octanol–water partition coefficient (Wildman–Crippen LogP) is 2.42. The van der Waals surface area contributed by atoms with E-state index in [0.29, 0.717) is 6.42 Å². The fraction of sp³-hybridized carbons (Fsp3) is 0.400. The van der Waals surface area contributed by atoms with Gasteiger partial charge < -0.3 is 5.11 Å². The minimum Gasteiger partial charge on any atom is -0.391 e. The summed E-state index contributed by atoms with van der Waals surface area (Å²) in [5.41, 5.74) is 0.970. The number of hydrogen-bond acceptors (Lipinski definition) is 1. The molecule has 0 fully saturated rings. The van der Waals surface area contributed by atoms with Crippen molar-refractivity contribution < 1.29 is 5.11 Å². The number of halogens is 1. The Kier molecular flexibility index (Phi) is 2.76. The zero-order valence-corrected chi connectivity index (χ0v) is 7.88. The molecule has 0 aromatic heterocycles. The molecule has 0 saturated carbocycles. The first-order valence-corrected chi connectivity index (χ1v) is 4.35. The number of aliphatic hydroxyl groups is 1. The smallest absolute Gasteiger partial charge is 0.0924 e. The number of alkyl halides is 1. The summed E-state index contributed by atoms with van der Waals surface area (Å²) in [5.74, 6) is 0. The Morgan fingerprint density at radius 2 is 2.50 bits per heavy atom. The van der Waals surface area contributed by atoms with Crippen LogP contribution in [0.1, 0.15) is 13.3 Å². The van der Waals surface area contributed by atoms with E-state index in [0.717, 1.165) is 5.57 Å². The van der Waals surface area contributed by atoms with E-state index in [9.17, 15) is 5.11 Å². The molecule has 0 aromatic rings. The Morgan fingerprint density at radius 1 is 1.83 bits per heavy atom.